The van der Waals surface area contributed by atoms with E-state index in [-0.39, 0.29) is 6.04 Å². The van der Waals surface area contributed by atoms with E-state index in [4.69, 9.17) is 4.74 Å². The molecular formula is C13H23NO2. The third-order valence-electron chi connectivity index (χ3n) is 4.16. The lowest BCUT2D eigenvalue weighted by atomic mass is 10.0. The minimum absolute atomic E-state index is 0.208. The lowest BCUT2D eigenvalue weighted by molar-refractivity contribution is -0.138. The zero-order chi connectivity index (χ0) is 11.7. The first-order valence-electron chi connectivity index (χ1n) is 6.46. The summed E-state index contributed by atoms with van der Waals surface area (Å²) in [6.45, 7) is 5.56. The largest absolute Gasteiger partial charge is 0.383 e. The van der Waals surface area contributed by atoms with Crippen LogP contribution in [-0.4, -0.2) is 37.1 Å². The fourth-order valence-corrected chi connectivity index (χ4v) is 3.17. The summed E-state index contributed by atoms with van der Waals surface area (Å²) in [6.07, 6.45) is 3.66. The average molecular weight is 225 g/mol. The topological polar surface area (TPSA) is 29.5 Å². The normalized spacial score (nSPS) is 33.3. The van der Waals surface area contributed by atoms with Crippen LogP contribution in [-0.2, 0) is 9.53 Å². The molecule has 0 spiro atoms. The van der Waals surface area contributed by atoms with Crippen molar-refractivity contribution in [2.24, 2.45) is 17.8 Å². The van der Waals surface area contributed by atoms with E-state index >= 15 is 0 Å². The summed E-state index contributed by atoms with van der Waals surface area (Å²) >= 11 is 0. The van der Waals surface area contributed by atoms with Gasteiger partial charge < -0.3 is 9.64 Å². The zero-order valence-electron chi connectivity index (χ0n) is 10.6. The molecule has 2 aliphatic carbocycles. The Bertz CT molecular complexity index is 257. The number of likely N-dealkylation sites (N-methyl/N-ethyl adjacent to an activating group) is 1. The van der Waals surface area contributed by atoms with Crippen LogP contribution in [0.15, 0.2) is 0 Å². The minimum Gasteiger partial charge on any atom is -0.383 e. The quantitative estimate of drug-likeness (QED) is 0.715. The molecule has 0 saturated heterocycles. The second-order valence-corrected chi connectivity index (χ2v) is 5.35. The van der Waals surface area contributed by atoms with Crippen molar-refractivity contribution in [1.82, 2.24) is 4.90 Å². The van der Waals surface area contributed by atoms with Gasteiger partial charge in [0.25, 0.3) is 0 Å². The zero-order valence-corrected chi connectivity index (χ0v) is 10.6. The van der Waals surface area contributed by atoms with E-state index in [1.54, 1.807) is 7.11 Å². The van der Waals surface area contributed by atoms with Crippen LogP contribution in [0.1, 0.15) is 33.1 Å². The third kappa shape index (κ3) is 2.24. The SMILES string of the molecule is CCN(C(=O)C1CC2CC2C1)C(C)COC. The maximum atomic E-state index is 12.3. The second kappa shape index (κ2) is 4.74. The van der Waals surface area contributed by atoms with Crippen molar-refractivity contribution >= 4 is 5.91 Å². The molecule has 16 heavy (non-hydrogen) atoms. The number of methoxy groups -OCH3 is 1. The first-order chi connectivity index (χ1) is 7.67. The van der Waals surface area contributed by atoms with Crippen molar-refractivity contribution in [2.45, 2.75) is 39.2 Å². The second-order valence-electron chi connectivity index (χ2n) is 5.35. The summed E-state index contributed by atoms with van der Waals surface area (Å²) in [5.41, 5.74) is 0. The van der Waals surface area contributed by atoms with Gasteiger partial charge >= 0.3 is 0 Å². The fraction of sp³-hybridized carbons (Fsp3) is 0.923. The van der Waals surface area contributed by atoms with Crippen LogP contribution in [0.25, 0.3) is 0 Å². The molecule has 92 valence electrons. The number of hydrogen-bond donors (Lipinski definition) is 0. The Morgan fingerprint density at radius 3 is 2.50 bits per heavy atom. The van der Waals surface area contributed by atoms with Crippen LogP contribution in [0, 0.1) is 17.8 Å². The molecule has 2 rings (SSSR count). The highest BCUT2D eigenvalue weighted by atomic mass is 16.5. The number of carbonyl (C=O) groups is 1. The van der Waals surface area contributed by atoms with Gasteiger partial charge in [0.05, 0.1) is 12.6 Å². The average Bonchev–Trinajstić information content (AvgIpc) is 2.87. The minimum atomic E-state index is 0.208. The molecule has 0 heterocycles. The lowest BCUT2D eigenvalue weighted by Gasteiger charge is -2.30. The third-order valence-corrected chi connectivity index (χ3v) is 4.16. The Labute approximate surface area is 98.1 Å². The Kier molecular flexibility index (Phi) is 3.53. The highest BCUT2D eigenvalue weighted by Gasteiger charge is 2.48. The maximum absolute atomic E-state index is 12.3. The van der Waals surface area contributed by atoms with E-state index in [1.807, 2.05) is 4.90 Å². The van der Waals surface area contributed by atoms with Gasteiger partial charge in [0.2, 0.25) is 5.91 Å². The van der Waals surface area contributed by atoms with Crippen LogP contribution < -0.4 is 0 Å². The predicted molar refractivity (Wildman–Crippen MR) is 63.0 cm³/mol. The highest BCUT2D eigenvalue weighted by Crippen LogP contribution is 2.54. The van der Waals surface area contributed by atoms with Crippen molar-refractivity contribution in [3.63, 3.8) is 0 Å². The molecule has 0 aromatic rings. The van der Waals surface area contributed by atoms with Crippen LogP contribution in [0.5, 0.6) is 0 Å². The Morgan fingerprint density at radius 2 is 2.00 bits per heavy atom. The van der Waals surface area contributed by atoms with Gasteiger partial charge in [-0.25, -0.2) is 0 Å². The molecule has 0 aromatic heterocycles. The predicted octanol–water partition coefficient (Wildman–Crippen LogP) is 1.92. The molecule has 0 aromatic carbocycles. The van der Waals surface area contributed by atoms with Crippen molar-refractivity contribution in [3.8, 4) is 0 Å². The van der Waals surface area contributed by atoms with Crippen molar-refractivity contribution in [1.29, 1.82) is 0 Å². The van der Waals surface area contributed by atoms with Gasteiger partial charge in [0.1, 0.15) is 0 Å². The highest BCUT2D eigenvalue weighted by molar-refractivity contribution is 5.79. The van der Waals surface area contributed by atoms with Gasteiger partial charge in [0, 0.05) is 19.6 Å². The van der Waals surface area contributed by atoms with Gasteiger partial charge in [-0.3, -0.25) is 4.79 Å². The van der Waals surface area contributed by atoms with Crippen LogP contribution in [0.4, 0.5) is 0 Å². The molecule has 2 fully saturated rings. The summed E-state index contributed by atoms with van der Waals surface area (Å²) in [5, 5.41) is 0. The number of rotatable bonds is 5. The standard InChI is InChI=1S/C13H23NO2/c1-4-14(9(2)8-16-3)13(15)12-6-10-5-11(10)7-12/h9-12H,4-8H2,1-3H3. The molecule has 3 nitrogen and oxygen atoms in total. The van der Waals surface area contributed by atoms with Crippen molar-refractivity contribution in [3.05, 3.63) is 0 Å². The van der Waals surface area contributed by atoms with E-state index in [1.165, 1.54) is 6.42 Å². The van der Waals surface area contributed by atoms with E-state index in [2.05, 4.69) is 13.8 Å². The monoisotopic (exact) mass is 225 g/mol. The number of nitrogens with zero attached hydrogens (tertiary/aromatic N) is 1. The molecule has 0 radical (unpaired) electrons. The maximum Gasteiger partial charge on any atom is 0.226 e. The van der Waals surface area contributed by atoms with Gasteiger partial charge in [-0.05, 0) is 44.9 Å². The van der Waals surface area contributed by atoms with Gasteiger partial charge in [0.15, 0.2) is 0 Å². The molecule has 2 aliphatic rings. The van der Waals surface area contributed by atoms with Crippen molar-refractivity contribution in [2.75, 3.05) is 20.3 Å². The Morgan fingerprint density at radius 1 is 1.38 bits per heavy atom. The number of amides is 1. The number of fused-ring (bicyclic) bond motifs is 1. The summed E-state index contributed by atoms with van der Waals surface area (Å²) in [4.78, 5) is 14.3. The first-order valence-corrected chi connectivity index (χ1v) is 6.46. The van der Waals surface area contributed by atoms with Crippen LogP contribution in [0.2, 0.25) is 0 Å². The molecule has 0 aliphatic heterocycles. The molecule has 0 bridgehead atoms. The Balaban J connectivity index is 1.90. The fourth-order valence-electron chi connectivity index (χ4n) is 3.17. The summed E-state index contributed by atoms with van der Waals surface area (Å²) in [6, 6.07) is 0.208. The first kappa shape index (κ1) is 11.9. The van der Waals surface area contributed by atoms with E-state index in [0.717, 1.165) is 31.2 Å². The molecule has 3 heteroatoms. The van der Waals surface area contributed by atoms with Crippen molar-refractivity contribution < 1.29 is 9.53 Å². The lowest BCUT2D eigenvalue weighted by Crippen LogP contribution is -2.43. The molecule has 0 N–H and O–H groups in total. The Hall–Kier alpha value is -0.570. The summed E-state index contributed by atoms with van der Waals surface area (Å²) in [7, 11) is 1.69. The van der Waals surface area contributed by atoms with Gasteiger partial charge in [-0.15, -0.1) is 0 Å². The molecule has 3 unspecified atom stereocenters. The summed E-state index contributed by atoms with van der Waals surface area (Å²) < 4.78 is 5.14. The van der Waals surface area contributed by atoms with Gasteiger partial charge in [-0.1, -0.05) is 0 Å². The van der Waals surface area contributed by atoms with E-state index in [0.29, 0.717) is 18.4 Å². The van der Waals surface area contributed by atoms with E-state index < -0.39 is 0 Å². The number of ether oxygens (including phenoxy) is 1. The van der Waals surface area contributed by atoms with Gasteiger partial charge in [-0.2, -0.15) is 0 Å². The van der Waals surface area contributed by atoms with Crippen LogP contribution >= 0.6 is 0 Å². The molecule has 2 saturated carbocycles. The summed E-state index contributed by atoms with van der Waals surface area (Å²) in [5.74, 6) is 2.43. The molecule has 3 atom stereocenters. The molecular weight excluding hydrogens is 202 g/mol. The van der Waals surface area contributed by atoms with Crippen LogP contribution in [0.3, 0.4) is 0 Å². The smallest absolute Gasteiger partial charge is 0.226 e. The number of carbonyl (C=O) groups excluding carboxylic acids is 1. The molecule has 1 amide bonds. The van der Waals surface area contributed by atoms with E-state index in [9.17, 15) is 4.79 Å². The number of hydrogen-bond acceptors (Lipinski definition) is 2.